The van der Waals surface area contributed by atoms with E-state index in [1.54, 1.807) is 0 Å². The molecule has 0 saturated heterocycles. The fourth-order valence-corrected chi connectivity index (χ4v) is 4.07. The molecular formula is C20H21ClFN3O3S. The van der Waals surface area contributed by atoms with Gasteiger partial charge in [-0.3, -0.25) is 0 Å². The Labute approximate surface area is 174 Å². The standard InChI is InChI=1S/C20H21ClFN3O3S/c1-20(2,3)14-9-7-13(8-10-14)19-24-18(28-25-19)11-23-29(26,27)12-15-16(21)5-4-6-17(15)22/h4-10,23H,11-12H2,1-3H3. The number of benzene rings is 2. The lowest BCUT2D eigenvalue weighted by Gasteiger charge is -2.18. The highest BCUT2D eigenvalue weighted by molar-refractivity contribution is 7.88. The second kappa shape index (κ2) is 8.22. The third-order valence-electron chi connectivity index (χ3n) is 4.32. The molecular weight excluding hydrogens is 417 g/mol. The van der Waals surface area contributed by atoms with E-state index in [4.69, 9.17) is 16.1 Å². The summed E-state index contributed by atoms with van der Waals surface area (Å²) in [7, 11) is -3.86. The van der Waals surface area contributed by atoms with Crippen LogP contribution in [0, 0.1) is 5.82 Å². The van der Waals surface area contributed by atoms with Gasteiger partial charge in [0.2, 0.25) is 21.7 Å². The second-order valence-corrected chi connectivity index (χ2v) is 9.83. The van der Waals surface area contributed by atoms with Crippen LogP contribution in [0.1, 0.15) is 37.8 Å². The first-order valence-electron chi connectivity index (χ1n) is 8.89. The molecule has 3 aromatic rings. The van der Waals surface area contributed by atoms with Crippen molar-refractivity contribution in [3.8, 4) is 11.4 Å². The van der Waals surface area contributed by atoms with E-state index in [1.165, 1.54) is 17.7 Å². The van der Waals surface area contributed by atoms with Crippen LogP contribution in [0.2, 0.25) is 5.02 Å². The lowest BCUT2D eigenvalue weighted by Crippen LogP contribution is -2.25. The molecule has 1 aromatic heterocycles. The Balaban J connectivity index is 1.67. The Kier molecular flexibility index (Phi) is 6.07. The van der Waals surface area contributed by atoms with Gasteiger partial charge in [0, 0.05) is 16.1 Å². The Morgan fingerprint density at radius 3 is 2.45 bits per heavy atom. The van der Waals surface area contributed by atoms with E-state index in [0.717, 1.165) is 11.6 Å². The van der Waals surface area contributed by atoms with Crippen LogP contribution in [-0.2, 0) is 27.7 Å². The topological polar surface area (TPSA) is 85.1 Å². The summed E-state index contributed by atoms with van der Waals surface area (Å²) in [6.45, 7) is 6.15. The van der Waals surface area contributed by atoms with E-state index in [2.05, 4.69) is 35.6 Å². The molecule has 0 amide bonds. The average Bonchev–Trinajstić information content (AvgIpc) is 3.12. The lowest BCUT2D eigenvalue weighted by molar-refractivity contribution is 0.376. The van der Waals surface area contributed by atoms with Crippen LogP contribution in [0.3, 0.4) is 0 Å². The van der Waals surface area contributed by atoms with Gasteiger partial charge in [0.15, 0.2) is 0 Å². The molecule has 0 aliphatic heterocycles. The molecule has 0 spiro atoms. The van der Waals surface area contributed by atoms with Gasteiger partial charge < -0.3 is 4.52 Å². The first kappa shape index (κ1) is 21.4. The van der Waals surface area contributed by atoms with Crippen LogP contribution in [0.25, 0.3) is 11.4 Å². The quantitative estimate of drug-likeness (QED) is 0.615. The molecule has 0 saturated carbocycles. The minimum atomic E-state index is -3.86. The average molecular weight is 438 g/mol. The smallest absolute Gasteiger partial charge is 0.242 e. The molecule has 0 unspecified atom stereocenters. The van der Waals surface area contributed by atoms with E-state index in [9.17, 15) is 12.8 Å². The zero-order valence-electron chi connectivity index (χ0n) is 16.2. The molecule has 0 atom stereocenters. The summed E-state index contributed by atoms with van der Waals surface area (Å²) in [5, 5.41) is 3.94. The van der Waals surface area contributed by atoms with Crippen molar-refractivity contribution in [3.63, 3.8) is 0 Å². The number of hydrogen-bond donors (Lipinski definition) is 1. The van der Waals surface area contributed by atoms with Crippen molar-refractivity contribution >= 4 is 21.6 Å². The van der Waals surface area contributed by atoms with Crippen LogP contribution >= 0.6 is 11.6 Å². The van der Waals surface area contributed by atoms with Gasteiger partial charge in [-0.05, 0) is 23.1 Å². The highest BCUT2D eigenvalue weighted by atomic mass is 35.5. The molecule has 9 heteroatoms. The first-order chi connectivity index (χ1) is 13.5. The largest absolute Gasteiger partial charge is 0.338 e. The molecule has 0 radical (unpaired) electrons. The molecule has 6 nitrogen and oxygen atoms in total. The van der Waals surface area contributed by atoms with Crippen LogP contribution in [-0.4, -0.2) is 18.6 Å². The normalized spacial score (nSPS) is 12.3. The van der Waals surface area contributed by atoms with Gasteiger partial charge in [-0.1, -0.05) is 67.9 Å². The van der Waals surface area contributed by atoms with Gasteiger partial charge in [0.1, 0.15) is 5.82 Å². The Morgan fingerprint density at radius 2 is 1.83 bits per heavy atom. The van der Waals surface area contributed by atoms with E-state index >= 15 is 0 Å². The SMILES string of the molecule is CC(C)(C)c1ccc(-c2noc(CNS(=O)(=O)Cc3c(F)cccc3Cl)n2)cc1. The monoisotopic (exact) mass is 437 g/mol. The van der Waals surface area contributed by atoms with E-state index in [1.807, 2.05) is 24.3 Å². The Hall–Kier alpha value is -2.29. The fourth-order valence-electron chi connectivity index (χ4n) is 2.65. The van der Waals surface area contributed by atoms with E-state index in [-0.39, 0.29) is 28.4 Å². The number of hydrogen-bond acceptors (Lipinski definition) is 5. The number of rotatable bonds is 6. The molecule has 29 heavy (non-hydrogen) atoms. The van der Waals surface area contributed by atoms with Crippen molar-refractivity contribution in [1.82, 2.24) is 14.9 Å². The van der Waals surface area contributed by atoms with Crippen molar-refractivity contribution in [2.24, 2.45) is 0 Å². The maximum Gasteiger partial charge on any atom is 0.242 e. The Morgan fingerprint density at radius 1 is 1.14 bits per heavy atom. The van der Waals surface area contributed by atoms with Crippen LogP contribution in [0.5, 0.6) is 0 Å². The van der Waals surface area contributed by atoms with Gasteiger partial charge in [0.05, 0.1) is 12.3 Å². The Bertz CT molecular complexity index is 1090. The van der Waals surface area contributed by atoms with E-state index in [0.29, 0.717) is 5.82 Å². The van der Waals surface area contributed by atoms with Gasteiger partial charge in [-0.2, -0.15) is 4.98 Å². The molecule has 0 bridgehead atoms. The number of nitrogens with one attached hydrogen (secondary N) is 1. The zero-order valence-corrected chi connectivity index (χ0v) is 17.8. The summed E-state index contributed by atoms with van der Waals surface area (Å²) in [6.07, 6.45) is 0. The summed E-state index contributed by atoms with van der Waals surface area (Å²) >= 11 is 5.89. The van der Waals surface area contributed by atoms with Crippen LogP contribution in [0.4, 0.5) is 4.39 Å². The summed E-state index contributed by atoms with van der Waals surface area (Å²) < 4.78 is 45.8. The summed E-state index contributed by atoms with van der Waals surface area (Å²) in [5.41, 5.74) is 1.87. The number of nitrogens with zero attached hydrogens (tertiary/aromatic N) is 2. The van der Waals surface area contributed by atoms with E-state index < -0.39 is 21.6 Å². The van der Waals surface area contributed by atoms with Crippen molar-refractivity contribution in [1.29, 1.82) is 0 Å². The lowest BCUT2D eigenvalue weighted by atomic mass is 9.87. The molecule has 1 heterocycles. The minimum Gasteiger partial charge on any atom is -0.338 e. The molecule has 0 aliphatic carbocycles. The van der Waals surface area contributed by atoms with Crippen molar-refractivity contribution in [2.45, 2.75) is 38.5 Å². The molecule has 154 valence electrons. The van der Waals surface area contributed by atoms with Gasteiger partial charge in [-0.25, -0.2) is 17.5 Å². The molecule has 3 rings (SSSR count). The summed E-state index contributed by atoms with van der Waals surface area (Å²) in [4.78, 5) is 4.21. The molecule has 2 aromatic carbocycles. The maximum absolute atomic E-state index is 13.8. The molecule has 0 aliphatic rings. The van der Waals surface area contributed by atoms with Crippen molar-refractivity contribution in [2.75, 3.05) is 0 Å². The minimum absolute atomic E-state index is 0.0281. The van der Waals surface area contributed by atoms with Gasteiger partial charge in [0.25, 0.3) is 0 Å². The summed E-state index contributed by atoms with van der Waals surface area (Å²) in [5.74, 6) is -0.810. The van der Waals surface area contributed by atoms with Crippen LogP contribution < -0.4 is 4.72 Å². The molecule has 1 N–H and O–H groups in total. The fraction of sp³-hybridized carbons (Fsp3) is 0.300. The maximum atomic E-state index is 13.8. The van der Waals surface area contributed by atoms with Crippen LogP contribution in [0.15, 0.2) is 47.0 Å². The highest BCUT2D eigenvalue weighted by Crippen LogP contribution is 2.25. The van der Waals surface area contributed by atoms with Gasteiger partial charge >= 0.3 is 0 Å². The van der Waals surface area contributed by atoms with Crippen molar-refractivity contribution in [3.05, 3.63) is 70.3 Å². The third kappa shape index (κ3) is 5.41. The van der Waals surface area contributed by atoms with Gasteiger partial charge in [-0.15, -0.1) is 0 Å². The third-order valence-corrected chi connectivity index (χ3v) is 5.92. The second-order valence-electron chi connectivity index (χ2n) is 7.62. The zero-order chi connectivity index (χ0) is 21.2. The number of halogens is 2. The molecule has 0 fully saturated rings. The highest BCUT2D eigenvalue weighted by Gasteiger charge is 2.19. The number of aromatic nitrogens is 2. The summed E-state index contributed by atoms with van der Waals surface area (Å²) in [6, 6.07) is 11.8. The predicted octanol–water partition coefficient (Wildman–Crippen LogP) is 4.45. The predicted molar refractivity (Wildman–Crippen MR) is 109 cm³/mol. The first-order valence-corrected chi connectivity index (χ1v) is 10.9. The van der Waals surface area contributed by atoms with Crippen molar-refractivity contribution < 1.29 is 17.3 Å². The number of sulfonamides is 1.